The average Bonchev–Trinajstić information content (AvgIpc) is 3.30. The molecule has 0 saturated heterocycles. The molecule has 0 radical (unpaired) electrons. The fourth-order valence-electron chi connectivity index (χ4n) is 3.82. The molecule has 5 rings (SSSR count). The second-order valence-electron chi connectivity index (χ2n) is 7.36. The van der Waals surface area contributed by atoms with Gasteiger partial charge in [0, 0.05) is 30.3 Å². The van der Waals surface area contributed by atoms with E-state index < -0.39 is 11.2 Å². The van der Waals surface area contributed by atoms with Crippen LogP contribution in [0.2, 0.25) is 10.0 Å². The Morgan fingerprint density at radius 3 is 2.35 bits per heavy atom. The summed E-state index contributed by atoms with van der Waals surface area (Å²) in [6.45, 7) is 0.436. The molecule has 0 spiro atoms. The summed E-state index contributed by atoms with van der Waals surface area (Å²) in [4.78, 5) is 30.0. The van der Waals surface area contributed by atoms with Gasteiger partial charge in [-0.05, 0) is 29.3 Å². The lowest BCUT2D eigenvalue weighted by Crippen LogP contribution is -2.37. The molecule has 2 aromatic carbocycles. The van der Waals surface area contributed by atoms with Crippen LogP contribution in [0.5, 0.6) is 0 Å². The normalized spacial score (nSPS) is 11.6. The van der Waals surface area contributed by atoms with Gasteiger partial charge in [0.1, 0.15) is 0 Å². The summed E-state index contributed by atoms with van der Waals surface area (Å²) >= 11 is 12.5. The highest BCUT2D eigenvalue weighted by Gasteiger charge is 2.21. The maximum absolute atomic E-state index is 12.9. The van der Waals surface area contributed by atoms with Crippen LogP contribution in [-0.2, 0) is 20.6 Å². The first-order valence-electron chi connectivity index (χ1n) is 9.53. The standard InChI is InChI=1S/C22H17Cl2N5O2/c1-26-19-18(20(30)27(2)22(26)31)29-12-17(13-7-9-15(23)10-8-13)28(21(29)25-19)11-14-5-3-4-6-16(14)24/h3-10,12H,11H2,1-2H3. The summed E-state index contributed by atoms with van der Waals surface area (Å²) in [7, 11) is 3.07. The van der Waals surface area contributed by atoms with E-state index in [1.165, 1.54) is 11.6 Å². The van der Waals surface area contributed by atoms with Crippen molar-refractivity contribution >= 4 is 40.1 Å². The van der Waals surface area contributed by atoms with Gasteiger partial charge in [0.2, 0.25) is 5.78 Å². The van der Waals surface area contributed by atoms with E-state index in [-0.39, 0.29) is 0 Å². The second-order valence-corrected chi connectivity index (χ2v) is 8.20. The molecule has 0 saturated carbocycles. The van der Waals surface area contributed by atoms with Crippen LogP contribution >= 0.6 is 23.2 Å². The van der Waals surface area contributed by atoms with Crippen LogP contribution in [0.4, 0.5) is 0 Å². The molecule has 0 N–H and O–H groups in total. The van der Waals surface area contributed by atoms with E-state index in [1.807, 2.05) is 59.3 Å². The van der Waals surface area contributed by atoms with E-state index in [4.69, 9.17) is 23.2 Å². The van der Waals surface area contributed by atoms with Crippen LogP contribution in [0.25, 0.3) is 28.2 Å². The minimum Gasteiger partial charge on any atom is -0.305 e. The highest BCUT2D eigenvalue weighted by Crippen LogP contribution is 2.28. The predicted octanol–water partition coefficient (Wildman–Crippen LogP) is 3.71. The van der Waals surface area contributed by atoms with Crippen LogP contribution in [0.15, 0.2) is 64.3 Å². The molecule has 156 valence electrons. The largest absolute Gasteiger partial charge is 0.332 e. The molecular formula is C22H17Cl2N5O2. The zero-order valence-electron chi connectivity index (χ0n) is 16.7. The first-order chi connectivity index (χ1) is 14.9. The number of benzene rings is 2. The van der Waals surface area contributed by atoms with Gasteiger partial charge in [0.25, 0.3) is 5.56 Å². The molecular weight excluding hydrogens is 437 g/mol. The molecule has 0 aliphatic heterocycles. The number of imidazole rings is 2. The second kappa shape index (κ2) is 7.14. The van der Waals surface area contributed by atoms with Gasteiger partial charge in [-0.15, -0.1) is 0 Å². The maximum atomic E-state index is 12.9. The Balaban J connectivity index is 1.87. The summed E-state index contributed by atoms with van der Waals surface area (Å²) < 4.78 is 6.18. The Morgan fingerprint density at radius 1 is 0.935 bits per heavy atom. The number of hydrogen-bond donors (Lipinski definition) is 0. The molecule has 9 heteroatoms. The van der Waals surface area contributed by atoms with Gasteiger partial charge in [0.05, 0.1) is 12.2 Å². The lowest BCUT2D eigenvalue weighted by Gasteiger charge is -2.10. The van der Waals surface area contributed by atoms with Crippen molar-refractivity contribution in [1.82, 2.24) is 23.1 Å². The Bertz CT molecular complexity index is 1590. The smallest absolute Gasteiger partial charge is 0.305 e. The zero-order valence-corrected chi connectivity index (χ0v) is 18.2. The average molecular weight is 454 g/mol. The highest BCUT2D eigenvalue weighted by atomic mass is 35.5. The Labute approximate surface area is 186 Å². The van der Waals surface area contributed by atoms with E-state index >= 15 is 0 Å². The molecule has 0 bridgehead atoms. The van der Waals surface area contributed by atoms with Crippen molar-refractivity contribution in [3.8, 4) is 11.3 Å². The lowest BCUT2D eigenvalue weighted by atomic mass is 10.1. The van der Waals surface area contributed by atoms with Crippen molar-refractivity contribution in [2.75, 3.05) is 0 Å². The maximum Gasteiger partial charge on any atom is 0.332 e. The summed E-state index contributed by atoms with van der Waals surface area (Å²) in [6.07, 6.45) is 1.86. The quantitative estimate of drug-likeness (QED) is 0.418. The van der Waals surface area contributed by atoms with E-state index in [0.717, 1.165) is 21.4 Å². The fraction of sp³-hybridized carbons (Fsp3) is 0.136. The van der Waals surface area contributed by atoms with Gasteiger partial charge in [-0.25, -0.2) is 4.79 Å². The van der Waals surface area contributed by atoms with E-state index in [1.54, 1.807) is 11.4 Å². The monoisotopic (exact) mass is 453 g/mol. The molecule has 3 heterocycles. The third-order valence-corrected chi connectivity index (χ3v) is 6.10. The van der Waals surface area contributed by atoms with Crippen molar-refractivity contribution in [3.05, 3.63) is 91.2 Å². The van der Waals surface area contributed by atoms with Crippen LogP contribution < -0.4 is 11.2 Å². The van der Waals surface area contributed by atoms with Crippen molar-refractivity contribution in [2.45, 2.75) is 6.54 Å². The van der Waals surface area contributed by atoms with Gasteiger partial charge >= 0.3 is 5.69 Å². The Morgan fingerprint density at radius 2 is 1.65 bits per heavy atom. The van der Waals surface area contributed by atoms with Crippen molar-refractivity contribution in [2.24, 2.45) is 14.1 Å². The third kappa shape index (κ3) is 3.00. The van der Waals surface area contributed by atoms with Crippen LogP contribution in [0.1, 0.15) is 5.56 Å². The topological polar surface area (TPSA) is 66.2 Å². The molecule has 5 aromatic rings. The van der Waals surface area contributed by atoms with Crippen molar-refractivity contribution < 1.29 is 0 Å². The minimum absolute atomic E-state index is 0.332. The van der Waals surface area contributed by atoms with Gasteiger partial charge in [-0.1, -0.05) is 53.5 Å². The first kappa shape index (κ1) is 19.7. The highest BCUT2D eigenvalue weighted by molar-refractivity contribution is 6.31. The fourth-order valence-corrected chi connectivity index (χ4v) is 4.14. The first-order valence-corrected chi connectivity index (χ1v) is 10.3. The summed E-state index contributed by atoms with van der Waals surface area (Å²) in [6, 6.07) is 15.0. The molecule has 31 heavy (non-hydrogen) atoms. The summed E-state index contributed by atoms with van der Waals surface area (Å²) in [5, 5.41) is 1.27. The third-order valence-electron chi connectivity index (χ3n) is 5.48. The van der Waals surface area contributed by atoms with E-state index in [9.17, 15) is 9.59 Å². The summed E-state index contributed by atoms with van der Waals surface area (Å²) in [5.41, 5.74) is 2.52. The summed E-state index contributed by atoms with van der Waals surface area (Å²) in [5.74, 6) is 0.540. The number of rotatable bonds is 3. The van der Waals surface area contributed by atoms with Crippen LogP contribution in [-0.4, -0.2) is 23.1 Å². The van der Waals surface area contributed by atoms with Gasteiger partial charge in [-0.2, -0.15) is 4.98 Å². The van der Waals surface area contributed by atoms with Crippen LogP contribution in [0, 0.1) is 0 Å². The van der Waals surface area contributed by atoms with E-state index in [2.05, 4.69) is 4.98 Å². The van der Waals surface area contributed by atoms with Gasteiger partial charge in [0.15, 0.2) is 11.2 Å². The molecule has 0 unspecified atom stereocenters. The Hall–Kier alpha value is -3.29. The minimum atomic E-state index is -0.422. The molecule has 7 nitrogen and oxygen atoms in total. The molecule has 0 fully saturated rings. The number of aromatic nitrogens is 5. The van der Waals surface area contributed by atoms with Gasteiger partial charge < -0.3 is 4.57 Å². The SMILES string of the molecule is Cn1c(=O)c2c(nc3n(Cc4ccccc4Cl)c(-c4ccc(Cl)cc4)cn23)n(C)c1=O. The van der Waals surface area contributed by atoms with E-state index in [0.29, 0.717) is 33.5 Å². The van der Waals surface area contributed by atoms with Crippen LogP contribution in [0.3, 0.4) is 0 Å². The number of nitrogens with zero attached hydrogens (tertiary/aromatic N) is 5. The number of aryl methyl sites for hydroxylation is 1. The number of halogens is 2. The van der Waals surface area contributed by atoms with Gasteiger partial charge in [-0.3, -0.25) is 18.3 Å². The number of hydrogen-bond acceptors (Lipinski definition) is 3. The van der Waals surface area contributed by atoms with Crippen molar-refractivity contribution in [1.29, 1.82) is 0 Å². The zero-order chi connectivity index (χ0) is 21.9. The molecule has 3 aromatic heterocycles. The molecule has 0 amide bonds. The molecule has 0 aliphatic rings. The molecule has 0 aliphatic carbocycles. The van der Waals surface area contributed by atoms with Crippen molar-refractivity contribution in [3.63, 3.8) is 0 Å². The molecule has 0 atom stereocenters. The lowest BCUT2D eigenvalue weighted by molar-refractivity contribution is 0.707. The predicted molar refractivity (Wildman–Crippen MR) is 122 cm³/mol. The number of fused-ring (bicyclic) bond motifs is 3. The Kier molecular flexibility index (Phi) is 4.53.